The SMILES string of the molecule is CCC(=O)c1ccc(OC(=O)c2ccccc2OCc2c(C)noc2C)cc1. The topological polar surface area (TPSA) is 78.6 Å². The van der Waals surface area contributed by atoms with E-state index in [0.717, 1.165) is 11.3 Å². The number of rotatable bonds is 7. The highest BCUT2D eigenvalue weighted by Gasteiger charge is 2.17. The number of carbonyl (C=O) groups excluding carboxylic acids is 2. The number of hydrogen-bond donors (Lipinski definition) is 0. The van der Waals surface area contributed by atoms with Crippen molar-refractivity contribution >= 4 is 11.8 Å². The number of Topliss-reactive ketones (excluding diaryl/α,β-unsaturated/α-hetero) is 1. The summed E-state index contributed by atoms with van der Waals surface area (Å²) in [6, 6.07) is 13.4. The van der Waals surface area contributed by atoms with Crippen LogP contribution in [0.25, 0.3) is 0 Å². The minimum atomic E-state index is -0.538. The second-order valence-electron chi connectivity index (χ2n) is 6.28. The molecule has 6 nitrogen and oxygen atoms in total. The number of ether oxygens (including phenoxy) is 2. The van der Waals surface area contributed by atoms with E-state index in [-0.39, 0.29) is 12.4 Å². The quantitative estimate of drug-likeness (QED) is 0.337. The molecule has 0 aliphatic rings. The standard InChI is InChI=1S/C22H21NO5/c1-4-20(24)16-9-11-17(12-10-16)27-22(25)18-7-5-6-8-21(18)26-13-19-14(2)23-28-15(19)3/h5-12H,4,13H2,1-3H3. The molecule has 0 unspecified atom stereocenters. The van der Waals surface area contributed by atoms with Crippen LogP contribution >= 0.6 is 0 Å². The molecule has 0 fully saturated rings. The van der Waals surface area contributed by atoms with Crippen LogP contribution in [0.15, 0.2) is 53.1 Å². The largest absolute Gasteiger partial charge is 0.488 e. The summed E-state index contributed by atoms with van der Waals surface area (Å²) < 4.78 is 16.4. The molecule has 0 amide bonds. The van der Waals surface area contributed by atoms with Crippen LogP contribution in [0.3, 0.4) is 0 Å². The molecule has 6 heteroatoms. The maximum absolute atomic E-state index is 12.6. The number of esters is 1. The number of carbonyl (C=O) groups is 2. The molecular formula is C22H21NO5. The molecule has 2 aromatic carbocycles. The first-order valence-electron chi connectivity index (χ1n) is 8.98. The van der Waals surface area contributed by atoms with Crippen LogP contribution in [0, 0.1) is 13.8 Å². The number of ketones is 1. The van der Waals surface area contributed by atoms with Gasteiger partial charge in [0, 0.05) is 12.0 Å². The van der Waals surface area contributed by atoms with E-state index >= 15 is 0 Å². The Labute approximate surface area is 163 Å². The summed E-state index contributed by atoms with van der Waals surface area (Å²) in [5.74, 6) is 0.947. The molecule has 0 atom stereocenters. The fraction of sp³-hybridized carbons (Fsp3) is 0.227. The van der Waals surface area contributed by atoms with E-state index in [1.807, 2.05) is 13.8 Å². The van der Waals surface area contributed by atoms with Crippen molar-refractivity contribution in [2.24, 2.45) is 0 Å². The Morgan fingerprint density at radius 1 is 1.04 bits per heavy atom. The van der Waals surface area contributed by atoms with Crippen LogP contribution in [0.4, 0.5) is 0 Å². The van der Waals surface area contributed by atoms with Crippen LogP contribution < -0.4 is 9.47 Å². The molecule has 3 rings (SSSR count). The number of aryl methyl sites for hydroxylation is 2. The Morgan fingerprint density at radius 2 is 1.75 bits per heavy atom. The van der Waals surface area contributed by atoms with Gasteiger partial charge in [-0.3, -0.25) is 4.79 Å². The summed E-state index contributed by atoms with van der Waals surface area (Å²) in [5.41, 5.74) is 2.49. The molecule has 28 heavy (non-hydrogen) atoms. The first-order valence-corrected chi connectivity index (χ1v) is 8.98. The van der Waals surface area contributed by atoms with Crippen molar-refractivity contribution in [3.8, 4) is 11.5 Å². The molecule has 1 heterocycles. The predicted molar refractivity (Wildman–Crippen MR) is 103 cm³/mol. The third-order valence-electron chi connectivity index (χ3n) is 4.37. The first-order chi connectivity index (χ1) is 13.5. The van der Waals surface area contributed by atoms with Crippen molar-refractivity contribution in [3.63, 3.8) is 0 Å². The first kappa shape index (κ1) is 19.4. The van der Waals surface area contributed by atoms with Crippen molar-refractivity contribution in [2.75, 3.05) is 0 Å². The summed E-state index contributed by atoms with van der Waals surface area (Å²) in [6.45, 7) is 5.68. The van der Waals surface area contributed by atoms with Crippen molar-refractivity contribution in [3.05, 3.63) is 76.7 Å². The smallest absolute Gasteiger partial charge is 0.347 e. The Hall–Kier alpha value is -3.41. The monoisotopic (exact) mass is 379 g/mol. The van der Waals surface area contributed by atoms with Crippen LogP contribution in [0.2, 0.25) is 0 Å². The van der Waals surface area contributed by atoms with E-state index in [2.05, 4.69) is 5.16 Å². The molecule has 0 saturated carbocycles. The number of nitrogens with zero attached hydrogens (tertiary/aromatic N) is 1. The highest BCUT2D eigenvalue weighted by molar-refractivity contribution is 5.96. The van der Waals surface area contributed by atoms with Gasteiger partial charge in [0.2, 0.25) is 0 Å². The van der Waals surface area contributed by atoms with Gasteiger partial charge in [-0.05, 0) is 50.2 Å². The Bertz CT molecular complexity index is 969. The van der Waals surface area contributed by atoms with Gasteiger partial charge in [-0.1, -0.05) is 24.2 Å². The molecule has 0 bridgehead atoms. The molecule has 0 aliphatic carbocycles. The number of aromatic nitrogens is 1. The number of hydrogen-bond acceptors (Lipinski definition) is 6. The van der Waals surface area contributed by atoms with Gasteiger partial charge in [0.15, 0.2) is 5.78 Å². The lowest BCUT2D eigenvalue weighted by Crippen LogP contribution is -2.11. The van der Waals surface area contributed by atoms with E-state index in [9.17, 15) is 9.59 Å². The molecular weight excluding hydrogens is 358 g/mol. The highest BCUT2D eigenvalue weighted by Crippen LogP contribution is 2.23. The maximum atomic E-state index is 12.6. The fourth-order valence-electron chi connectivity index (χ4n) is 2.69. The molecule has 144 valence electrons. The number of benzene rings is 2. The van der Waals surface area contributed by atoms with E-state index in [4.69, 9.17) is 14.0 Å². The van der Waals surface area contributed by atoms with E-state index in [1.54, 1.807) is 55.5 Å². The average molecular weight is 379 g/mol. The van der Waals surface area contributed by atoms with E-state index in [1.165, 1.54) is 0 Å². The Balaban J connectivity index is 1.73. The van der Waals surface area contributed by atoms with Gasteiger partial charge in [-0.25, -0.2) is 4.79 Å². The summed E-state index contributed by atoms with van der Waals surface area (Å²) in [4.78, 5) is 24.3. The van der Waals surface area contributed by atoms with Crippen LogP contribution in [0.5, 0.6) is 11.5 Å². The number of para-hydroxylation sites is 1. The van der Waals surface area contributed by atoms with Crippen molar-refractivity contribution < 1.29 is 23.6 Å². The summed E-state index contributed by atoms with van der Waals surface area (Å²) in [5, 5.41) is 3.90. The third kappa shape index (κ3) is 4.28. The average Bonchev–Trinajstić information content (AvgIpc) is 3.04. The van der Waals surface area contributed by atoms with Crippen molar-refractivity contribution in [1.82, 2.24) is 5.16 Å². The minimum Gasteiger partial charge on any atom is -0.488 e. The molecule has 0 saturated heterocycles. The van der Waals surface area contributed by atoms with Gasteiger partial charge in [0.25, 0.3) is 0 Å². The van der Waals surface area contributed by atoms with Gasteiger partial charge in [0.05, 0.1) is 11.3 Å². The second kappa shape index (κ2) is 8.52. The molecule has 3 aromatic rings. The van der Waals surface area contributed by atoms with Gasteiger partial charge in [-0.15, -0.1) is 0 Å². The highest BCUT2D eigenvalue weighted by atomic mass is 16.5. The van der Waals surface area contributed by atoms with Gasteiger partial charge in [-0.2, -0.15) is 0 Å². The zero-order valence-corrected chi connectivity index (χ0v) is 16.0. The third-order valence-corrected chi connectivity index (χ3v) is 4.37. The van der Waals surface area contributed by atoms with Gasteiger partial charge in [0.1, 0.15) is 29.4 Å². The zero-order valence-electron chi connectivity index (χ0n) is 16.0. The maximum Gasteiger partial charge on any atom is 0.347 e. The van der Waals surface area contributed by atoms with Crippen LogP contribution in [0.1, 0.15) is 51.1 Å². The van der Waals surface area contributed by atoms with Crippen molar-refractivity contribution in [2.45, 2.75) is 33.8 Å². The second-order valence-corrected chi connectivity index (χ2v) is 6.28. The van der Waals surface area contributed by atoms with Crippen LogP contribution in [-0.4, -0.2) is 16.9 Å². The lowest BCUT2D eigenvalue weighted by molar-refractivity contribution is 0.0729. The lowest BCUT2D eigenvalue weighted by atomic mass is 10.1. The predicted octanol–water partition coefficient (Wildman–Crippen LogP) is 4.68. The Kier molecular flexibility index (Phi) is 5.89. The molecule has 0 radical (unpaired) electrons. The summed E-state index contributed by atoms with van der Waals surface area (Å²) in [6.07, 6.45) is 0.426. The Morgan fingerprint density at radius 3 is 2.39 bits per heavy atom. The summed E-state index contributed by atoms with van der Waals surface area (Å²) >= 11 is 0. The minimum absolute atomic E-state index is 0.0379. The van der Waals surface area contributed by atoms with Crippen LogP contribution in [-0.2, 0) is 6.61 Å². The molecule has 1 aromatic heterocycles. The molecule has 0 aliphatic heterocycles. The molecule has 0 N–H and O–H groups in total. The normalized spacial score (nSPS) is 10.5. The fourth-order valence-corrected chi connectivity index (χ4v) is 2.69. The van der Waals surface area contributed by atoms with Gasteiger partial charge < -0.3 is 14.0 Å². The lowest BCUT2D eigenvalue weighted by Gasteiger charge is -2.11. The molecule has 0 spiro atoms. The van der Waals surface area contributed by atoms with Gasteiger partial charge >= 0.3 is 5.97 Å². The van der Waals surface area contributed by atoms with Crippen molar-refractivity contribution in [1.29, 1.82) is 0 Å². The van der Waals surface area contributed by atoms with E-state index < -0.39 is 5.97 Å². The van der Waals surface area contributed by atoms with E-state index in [0.29, 0.717) is 34.8 Å². The summed E-state index contributed by atoms with van der Waals surface area (Å²) in [7, 11) is 0. The zero-order chi connectivity index (χ0) is 20.1.